The summed E-state index contributed by atoms with van der Waals surface area (Å²) in [6.07, 6.45) is 2.30. The maximum atomic E-state index is 12.6. The van der Waals surface area contributed by atoms with Crippen molar-refractivity contribution in [2.75, 3.05) is 52.9 Å². The quantitative estimate of drug-likeness (QED) is 0.702. The third kappa shape index (κ3) is 5.04. The Kier molecular flexibility index (Phi) is 7.32. The second kappa shape index (κ2) is 9.72. The SMILES string of the molecule is COC(=O)[C@H](c1ccccc1Cl)N1CCN(CC(=O)N2CCC[C@@H](C)C2)CC1. The minimum Gasteiger partial charge on any atom is -0.468 e. The third-order valence-corrected chi connectivity index (χ3v) is 6.11. The number of piperidine rings is 1. The van der Waals surface area contributed by atoms with Crippen LogP contribution < -0.4 is 0 Å². The van der Waals surface area contributed by atoms with Gasteiger partial charge in [-0.3, -0.25) is 14.6 Å². The van der Waals surface area contributed by atoms with E-state index >= 15 is 0 Å². The van der Waals surface area contributed by atoms with Crippen molar-refractivity contribution in [1.82, 2.24) is 14.7 Å². The number of likely N-dealkylation sites (tertiary alicyclic amines) is 1. The summed E-state index contributed by atoms with van der Waals surface area (Å²) in [6, 6.07) is 6.88. The van der Waals surface area contributed by atoms with Crippen molar-refractivity contribution in [2.24, 2.45) is 5.92 Å². The van der Waals surface area contributed by atoms with Gasteiger partial charge < -0.3 is 9.64 Å². The Labute approximate surface area is 172 Å². The second-order valence-electron chi connectivity index (χ2n) is 7.85. The van der Waals surface area contributed by atoms with E-state index in [1.165, 1.54) is 13.5 Å². The number of rotatable bonds is 5. The Morgan fingerprint density at radius 1 is 1.18 bits per heavy atom. The number of carbonyl (C=O) groups is 2. The molecule has 1 aromatic carbocycles. The molecule has 2 heterocycles. The number of halogens is 1. The Hall–Kier alpha value is -1.63. The maximum Gasteiger partial charge on any atom is 0.327 e. The molecule has 2 aliphatic heterocycles. The number of esters is 1. The standard InChI is InChI=1S/C21H30ClN3O3/c1-16-6-5-9-25(14-16)19(26)15-23-10-12-24(13-11-23)20(21(27)28-2)17-7-3-4-8-18(17)22/h3-4,7-8,16,20H,5-6,9-15H2,1-2H3/t16-,20+/m1/s1. The van der Waals surface area contributed by atoms with E-state index in [1.54, 1.807) is 6.07 Å². The van der Waals surface area contributed by atoms with E-state index in [-0.39, 0.29) is 11.9 Å². The van der Waals surface area contributed by atoms with Crippen LogP contribution in [-0.4, -0.2) is 79.5 Å². The van der Waals surface area contributed by atoms with Crippen LogP contribution in [-0.2, 0) is 14.3 Å². The van der Waals surface area contributed by atoms with Crippen LogP contribution in [0.25, 0.3) is 0 Å². The number of methoxy groups -OCH3 is 1. The largest absolute Gasteiger partial charge is 0.468 e. The highest BCUT2D eigenvalue weighted by molar-refractivity contribution is 6.31. The average molecular weight is 408 g/mol. The highest BCUT2D eigenvalue weighted by Gasteiger charge is 2.33. The van der Waals surface area contributed by atoms with Gasteiger partial charge in [0.1, 0.15) is 6.04 Å². The predicted octanol–water partition coefficient (Wildman–Crippen LogP) is 2.43. The van der Waals surface area contributed by atoms with Gasteiger partial charge in [-0.15, -0.1) is 0 Å². The summed E-state index contributed by atoms with van der Waals surface area (Å²) in [6.45, 7) is 7.27. The first-order chi connectivity index (χ1) is 13.5. The van der Waals surface area contributed by atoms with Crippen LogP contribution in [0.1, 0.15) is 31.4 Å². The van der Waals surface area contributed by atoms with Crippen molar-refractivity contribution >= 4 is 23.5 Å². The summed E-state index contributed by atoms with van der Waals surface area (Å²) < 4.78 is 5.04. The van der Waals surface area contributed by atoms with Crippen LogP contribution >= 0.6 is 11.6 Å². The highest BCUT2D eigenvalue weighted by atomic mass is 35.5. The molecule has 3 rings (SSSR count). The fourth-order valence-corrected chi connectivity index (χ4v) is 4.41. The van der Waals surface area contributed by atoms with Crippen LogP contribution in [0.5, 0.6) is 0 Å². The first-order valence-electron chi connectivity index (χ1n) is 10.1. The molecule has 2 saturated heterocycles. The molecule has 6 nitrogen and oxygen atoms in total. The highest BCUT2D eigenvalue weighted by Crippen LogP contribution is 2.29. The van der Waals surface area contributed by atoms with Crippen LogP contribution in [0.3, 0.4) is 0 Å². The molecule has 0 radical (unpaired) electrons. The first kappa shape index (κ1) is 21.1. The number of amides is 1. The Morgan fingerprint density at radius 2 is 1.89 bits per heavy atom. The number of hydrogen-bond acceptors (Lipinski definition) is 5. The molecule has 154 valence electrons. The number of carbonyl (C=O) groups excluding carboxylic acids is 2. The molecule has 7 heteroatoms. The van der Waals surface area contributed by atoms with Crippen LogP contribution in [0.2, 0.25) is 5.02 Å². The van der Waals surface area contributed by atoms with Gasteiger partial charge >= 0.3 is 5.97 Å². The zero-order chi connectivity index (χ0) is 20.1. The lowest BCUT2D eigenvalue weighted by molar-refractivity contribution is -0.148. The Balaban J connectivity index is 1.59. The minimum atomic E-state index is -0.514. The van der Waals surface area contributed by atoms with Crippen LogP contribution in [0, 0.1) is 5.92 Å². The molecule has 28 heavy (non-hydrogen) atoms. The lowest BCUT2D eigenvalue weighted by Gasteiger charge is -2.39. The molecule has 0 aromatic heterocycles. The van der Waals surface area contributed by atoms with Gasteiger partial charge in [0.2, 0.25) is 5.91 Å². The lowest BCUT2D eigenvalue weighted by atomic mass is 10.0. The fraction of sp³-hybridized carbons (Fsp3) is 0.619. The summed E-state index contributed by atoms with van der Waals surface area (Å²) in [4.78, 5) is 31.4. The smallest absolute Gasteiger partial charge is 0.327 e. The van der Waals surface area contributed by atoms with Crippen molar-refractivity contribution in [3.63, 3.8) is 0 Å². The summed E-state index contributed by atoms with van der Waals surface area (Å²) in [5, 5.41) is 0.565. The monoisotopic (exact) mass is 407 g/mol. The normalized spacial score (nSPS) is 22.7. The Bertz CT molecular complexity index is 691. The van der Waals surface area contributed by atoms with E-state index in [2.05, 4.69) is 16.7 Å². The molecule has 0 aliphatic carbocycles. The first-order valence-corrected chi connectivity index (χ1v) is 10.4. The van der Waals surface area contributed by atoms with Gasteiger partial charge in [-0.1, -0.05) is 36.7 Å². The van der Waals surface area contributed by atoms with Crippen molar-refractivity contribution in [1.29, 1.82) is 0 Å². The van der Waals surface area contributed by atoms with Gasteiger partial charge in [0, 0.05) is 44.3 Å². The molecule has 0 spiro atoms. The summed E-state index contributed by atoms with van der Waals surface area (Å²) >= 11 is 6.34. The summed E-state index contributed by atoms with van der Waals surface area (Å²) in [7, 11) is 1.40. The van der Waals surface area contributed by atoms with Crippen molar-refractivity contribution < 1.29 is 14.3 Å². The van der Waals surface area contributed by atoms with E-state index in [0.717, 1.165) is 38.2 Å². The molecular formula is C21H30ClN3O3. The van der Waals surface area contributed by atoms with Crippen molar-refractivity contribution in [3.8, 4) is 0 Å². The van der Waals surface area contributed by atoms with Gasteiger partial charge in [0.15, 0.2) is 0 Å². The molecule has 2 aliphatic rings. The van der Waals surface area contributed by atoms with Gasteiger partial charge in [0.05, 0.1) is 13.7 Å². The molecule has 1 aromatic rings. The van der Waals surface area contributed by atoms with E-state index in [4.69, 9.17) is 16.3 Å². The fourth-order valence-electron chi connectivity index (χ4n) is 4.17. The topological polar surface area (TPSA) is 53.1 Å². The molecular weight excluding hydrogens is 378 g/mol. The molecule has 2 fully saturated rings. The molecule has 0 saturated carbocycles. The zero-order valence-corrected chi connectivity index (χ0v) is 17.5. The number of piperazine rings is 1. The van der Waals surface area contributed by atoms with E-state index < -0.39 is 6.04 Å². The molecule has 1 amide bonds. The van der Waals surface area contributed by atoms with Crippen LogP contribution in [0.15, 0.2) is 24.3 Å². The molecule has 0 bridgehead atoms. The number of hydrogen-bond donors (Lipinski definition) is 0. The zero-order valence-electron chi connectivity index (χ0n) is 16.8. The van der Waals surface area contributed by atoms with Gasteiger partial charge in [-0.2, -0.15) is 0 Å². The molecule has 2 atom stereocenters. The van der Waals surface area contributed by atoms with E-state index in [1.807, 2.05) is 23.1 Å². The van der Waals surface area contributed by atoms with Gasteiger partial charge in [-0.25, -0.2) is 4.79 Å². The molecule has 0 unspecified atom stereocenters. The van der Waals surface area contributed by atoms with Crippen molar-refractivity contribution in [2.45, 2.75) is 25.8 Å². The lowest BCUT2D eigenvalue weighted by Crippen LogP contribution is -2.52. The van der Waals surface area contributed by atoms with Crippen LogP contribution in [0.4, 0.5) is 0 Å². The van der Waals surface area contributed by atoms with Crippen molar-refractivity contribution in [3.05, 3.63) is 34.9 Å². The average Bonchev–Trinajstić information content (AvgIpc) is 2.70. The number of ether oxygens (including phenoxy) is 1. The maximum absolute atomic E-state index is 12.6. The Morgan fingerprint density at radius 3 is 2.54 bits per heavy atom. The molecule has 0 N–H and O–H groups in total. The predicted molar refractivity (Wildman–Crippen MR) is 109 cm³/mol. The third-order valence-electron chi connectivity index (χ3n) is 5.76. The van der Waals surface area contributed by atoms with E-state index in [0.29, 0.717) is 30.6 Å². The summed E-state index contributed by atoms with van der Waals surface area (Å²) in [5.74, 6) is 0.501. The second-order valence-corrected chi connectivity index (χ2v) is 8.25. The summed E-state index contributed by atoms with van der Waals surface area (Å²) in [5.41, 5.74) is 0.767. The number of nitrogens with zero attached hydrogens (tertiary/aromatic N) is 3. The minimum absolute atomic E-state index is 0.218. The van der Waals surface area contributed by atoms with E-state index in [9.17, 15) is 9.59 Å². The van der Waals surface area contributed by atoms with Gasteiger partial charge in [0.25, 0.3) is 0 Å². The van der Waals surface area contributed by atoms with Gasteiger partial charge in [-0.05, 0) is 30.4 Å². The number of benzene rings is 1.